The molecule has 0 saturated heterocycles. The van der Waals surface area contributed by atoms with Crippen LogP contribution in [-0.4, -0.2) is 19.0 Å². The molecule has 0 aliphatic carbocycles. The van der Waals surface area contributed by atoms with Crippen molar-refractivity contribution in [2.45, 2.75) is 25.6 Å². The van der Waals surface area contributed by atoms with E-state index in [2.05, 4.69) is 122 Å². The largest absolute Gasteiger partial charge is 0.306 e. The first-order valence-electron chi connectivity index (χ1n) is 9.70. The fraction of sp³-hybridized carbons (Fsp3) is 0.280. The van der Waals surface area contributed by atoms with Crippen molar-refractivity contribution in [2.75, 3.05) is 14.1 Å². The first-order valence-corrected chi connectivity index (χ1v) is 9.70. The third-order valence-electron chi connectivity index (χ3n) is 5.25. The standard InChI is InChI=1S/C25H30N2/c1-20(25(27(2)3)23-17-11-6-12-18-23)24(22-15-9-5-10-16-22)26-19-21-13-7-4-8-14-21/h4-18,20,24-26H,19H2,1-3H3. The Morgan fingerprint density at radius 1 is 0.704 bits per heavy atom. The molecule has 3 rings (SSSR count). The zero-order chi connectivity index (χ0) is 19.1. The van der Waals surface area contributed by atoms with Crippen LogP contribution in [0.4, 0.5) is 0 Å². The Labute approximate surface area is 163 Å². The van der Waals surface area contributed by atoms with Crippen molar-refractivity contribution in [1.29, 1.82) is 0 Å². The molecule has 3 atom stereocenters. The van der Waals surface area contributed by atoms with E-state index in [9.17, 15) is 0 Å². The Hall–Kier alpha value is -2.42. The number of benzene rings is 3. The molecule has 1 N–H and O–H groups in total. The van der Waals surface area contributed by atoms with Crippen LogP contribution < -0.4 is 5.32 Å². The Bertz CT molecular complexity index is 784. The zero-order valence-corrected chi connectivity index (χ0v) is 16.5. The van der Waals surface area contributed by atoms with E-state index in [4.69, 9.17) is 0 Å². The van der Waals surface area contributed by atoms with Crippen molar-refractivity contribution in [3.8, 4) is 0 Å². The summed E-state index contributed by atoms with van der Waals surface area (Å²) >= 11 is 0. The molecular weight excluding hydrogens is 328 g/mol. The van der Waals surface area contributed by atoms with Gasteiger partial charge in [-0.25, -0.2) is 0 Å². The molecule has 0 radical (unpaired) electrons. The molecule has 0 fully saturated rings. The van der Waals surface area contributed by atoms with Gasteiger partial charge in [0, 0.05) is 18.6 Å². The smallest absolute Gasteiger partial charge is 0.0385 e. The van der Waals surface area contributed by atoms with Crippen LogP contribution in [-0.2, 0) is 6.54 Å². The van der Waals surface area contributed by atoms with E-state index in [1.807, 2.05) is 0 Å². The van der Waals surface area contributed by atoms with Gasteiger partial charge >= 0.3 is 0 Å². The average molecular weight is 359 g/mol. The van der Waals surface area contributed by atoms with Crippen molar-refractivity contribution < 1.29 is 0 Å². The van der Waals surface area contributed by atoms with Crippen molar-refractivity contribution in [3.63, 3.8) is 0 Å². The van der Waals surface area contributed by atoms with Gasteiger partial charge in [0.1, 0.15) is 0 Å². The molecule has 0 aromatic heterocycles. The summed E-state index contributed by atoms with van der Waals surface area (Å²) in [5.74, 6) is 0.397. The molecule has 2 heteroatoms. The quantitative estimate of drug-likeness (QED) is 0.575. The Balaban J connectivity index is 1.88. The molecule has 3 unspecified atom stereocenters. The zero-order valence-electron chi connectivity index (χ0n) is 16.5. The molecule has 0 heterocycles. The molecule has 3 aromatic rings. The topological polar surface area (TPSA) is 15.3 Å². The van der Waals surface area contributed by atoms with E-state index in [0.717, 1.165) is 6.54 Å². The highest BCUT2D eigenvalue weighted by Gasteiger charge is 2.29. The fourth-order valence-electron chi connectivity index (χ4n) is 4.00. The third-order valence-corrected chi connectivity index (χ3v) is 5.25. The second-order valence-corrected chi connectivity index (χ2v) is 7.43. The molecule has 140 valence electrons. The van der Waals surface area contributed by atoms with E-state index in [1.165, 1.54) is 16.7 Å². The van der Waals surface area contributed by atoms with Gasteiger partial charge in [-0.2, -0.15) is 0 Å². The number of nitrogens with zero attached hydrogens (tertiary/aromatic N) is 1. The molecule has 0 aliphatic rings. The molecule has 0 aliphatic heterocycles. The van der Waals surface area contributed by atoms with Crippen LogP contribution >= 0.6 is 0 Å². The Kier molecular flexibility index (Phi) is 6.80. The van der Waals surface area contributed by atoms with Crippen LogP contribution in [0.1, 0.15) is 35.7 Å². The normalized spacial score (nSPS) is 14.7. The van der Waals surface area contributed by atoms with Gasteiger partial charge in [-0.3, -0.25) is 0 Å². The third kappa shape index (κ3) is 5.06. The molecule has 0 amide bonds. The van der Waals surface area contributed by atoms with Crippen molar-refractivity contribution in [2.24, 2.45) is 5.92 Å². The predicted octanol–water partition coefficient (Wildman–Crippen LogP) is 5.46. The lowest BCUT2D eigenvalue weighted by Crippen LogP contribution is -2.35. The summed E-state index contributed by atoms with van der Waals surface area (Å²) in [6.45, 7) is 3.22. The minimum Gasteiger partial charge on any atom is -0.306 e. The lowest BCUT2D eigenvalue weighted by atomic mass is 9.84. The van der Waals surface area contributed by atoms with E-state index >= 15 is 0 Å². The maximum Gasteiger partial charge on any atom is 0.0385 e. The fourth-order valence-corrected chi connectivity index (χ4v) is 4.00. The summed E-state index contributed by atoms with van der Waals surface area (Å²) in [5.41, 5.74) is 4.01. The van der Waals surface area contributed by atoms with Crippen LogP contribution in [0.15, 0.2) is 91.0 Å². The van der Waals surface area contributed by atoms with Gasteiger partial charge in [0.2, 0.25) is 0 Å². The lowest BCUT2D eigenvalue weighted by molar-refractivity contribution is 0.183. The van der Waals surface area contributed by atoms with Gasteiger partial charge in [-0.1, -0.05) is 97.9 Å². The first-order chi connectivity index (χ1) is 13.2. The van der Waals surface area contributed by atoms with Crippen LogP contribution in [0, 0.1) is 5.92 Å². The summed E-state index contributed by atoms with van der Waals surface area (Å²) in [6.07, 6.45) is 0. The minimum absolute atomic E-state index is 0.263. The van der Waals surface area contributed by atoms with Gasteiger partial charge in [0.25, 0.3) is 0 Å². The number of nitrogens with one attached hydrogen (secondary N) is 1. The van der Waals surface area contributed by atoms with Gasteiger partial charge in [0.15, 0.2) is 0 Å². The molecule has 0 bridgehead atoms. The maximum atomic E-state index is 3.83. The van der Waals surface area contributed by atoms with E-state index in [0.29, 0.717) is 12.0 Å². The predicted molar refractivity (Wildman–Crippen MR) is 114 cm³/mol. The van der Waals surface area contributed by atoms with E-state index < -0.39 is 0 Å². The van der Waals surface area contributed by atoms with Crippen LogP contribution in [0.25, 0.3) is 0 Å². The molecule has 27 heavy (non-hydrogen) atoms. The van der Waals surface area contributed by atoms with Gasteiger partial charge in [0.05, 0.1) is 0 Å². The Morgan fingerprint density at radius 2 is 1.19 bits per heavy atom. The van der Waals surface area contributed by atoms with Crippen LogP contribution in [0.2, 0.25) is 0 Å². The summed E-state index contributed by atoms with van der Waals surface area (Å²) < 4.78 is 0. The first kappa shape index (κ1) is 19.3. The van der Waals surface area contributed by atoms with E-state index in [-0.39, 0.29) is 6.04 Å². The van der Waals surface area contributed by atoms with Crippen molar-refractivity contribution in [1.82, 2.24) is 10.2 Å². The number of rotatable bonds is 8. The minimum atomic E-state index is 0.263. The molecule has 3 aromatic carbocycles. The molecular formula is C25H30N2. The molecule has 2 nitrogen and oxygen atoms in total. The average Bonchev–Trinajstić information content (AvgIpc) is 2.70. The lowest BCUT2D eigenvalue weighted by Gasteiger charge is -2.36. The highest BCUT2D eigenvalue weighted by molar-refractivity contribution is 5.25. The van der Waals surface area contributed by atoms with Gasteiger partial charge < -0.3 is 10.2 Å². The van der Waals surface area contributed by atoms with Crippen molar-refractivity contribution in [3.05, 3.63) is 108 Å². The Morgan fingerprint density at radius 3 is 1.70 bits per heavy atom. The number of hydrogen-bond donors (Lipinski definition) is 1. The molecule has 0 spiro atoms. The molecule has 0 saturated carbocycles. The monoisotopic (exact) mass is 358 g/mol. The van der Waals surface area contributed by atoms with Gasteiger partial charge in [-0.15, -0.1) is 0 Å². The SMILES string of the molecule is CC(C(NCc1ccccc1)c1ccccc1)C(c1ccccc1)N(C)C. The second-order valence-electron chi connectivity index (χ2n) is 7.43. The highest BCUT2D eigenvalue weighted by Crippen LogP contribution is 2.35. The summed E-state index contributed by atoms with van der Waals surface area (Å²) in [4.78, 5) is 2.33. The van der Waals surface area contributed by atoms with Crippen molar-refractivity contribution >= 4 is 0 Å². The second kappa shape index (κ2) is 9.50. The van der Waals surface area contributed by atoms with Crippen LogP contribution in [0.5, 0.6) is 0 Å². The summed E-state index contributed by atoms with van der Waals surface area (Å²) in [6, 6.07) is 32.9. The highest BCUT2D eigenvalue weighted by atomic mass is 15.1. The number of hydrogen-bond acceptors (Lipinski definition) is 2. The van der Waals surface area contributed by atoms with Gasteiger partial charge in [-0.05, 0) is 36.7 Å². The summed E-state index contributed by atoms with van der Waals surface area (Å²) in [7, 11) is 4.35. The maximum absolute atomic E-state index is 3.83. The van der Waals surface area contributed by atoms with E-state index in [1.54, 1.807) is 0 Å². The van der Waals surface area contributed by atoms with Crippen LogP contribution in [0.3, 0.4) is 0 Å². The summed E-state index contributed by atoms with van der Waals surface area (Å²) in [5, 5.41) is 3.83.